The molecular weight excluding hydrogens is 428 g/mol. The van der Waals surface area contributed by atoms with E-state index in [4.69, 9.17) is 0 Å². The van der Waals surface area contributed by atoms with Crippen LogP contribution in [0.5, 0.6) is 0 Å². The van der Waals surface area contributed by atoms with Crippen molar-refractivity contribution in [3.05, 3.63) is 35.1 Å². The molecule has 1 N–H and O–H groups in total. The van der Waals surface area contributed by atoms with Crippen LogP contribution in [-0.4, -0.2) is 49.1 Å². The van der Waals surface area contributed by atoms with Crippen molar-refractivity contribution >= 4 is 16.8 Å². The quantitative estimate of drug-likeness (QED) is 0.722. The second kappa shape index (κ2) is 9.40. The van der Waals surface area contributed by atoms with Gasteiger partial charge in [0.2, 0.25) is 5.91 Å². The molecule has 1 saturated heterocycles. The average Bonchev–Trinajstić information content (AvgIpc) is 3.33. The van der Waals surface area contributed by atoms with E-state index in [1.54, 1.807) is 17.0 Å². The van der Waals surface area contributed by atoms with E-state index >= 15 is 0 Å². The van der Waals surface area contributed by atoms with E-state index in [9.17, 15) is 14.7 Å². The highest BCUT2D eigenvalue weighted by molar-refractivity contribution is 5.79. The van der Waals surface area contributed by atoms with Gasteiger partial charge in [0.15, 0.2) is 0 Å². The molecule has 1 aliphatic heterocycles. The number of aliphatic hydroxyl groups is 1. The third kappa shape index (κ3) is 4.28. The van der Waals surface area contributed by atoms with Gasteiger partial charge in [-0.2, -0.15) is 0 Å². The summed E-state index contributed by atoms with van der Waals surface area (Å²) in [6.45, 7) is 3.49. The topological polar surface area (TPSA) is 88.3 Å². The Morgan fingerprint density at radius 2 is 1.94 bits per heavy atom. The van der Waals surface area contributed by atoms with E-state index in [0.717, 1.165) is 32.1 Å². The summed E-state index contributed by atoms with van der Waals surface area (Å²) in [5, 5.41) is 12.5. The Bertz CT molecular complexity index is 1090. The van der Waals surface area contributed by atoms with Gasteiger partial charge in [0, 0.05) is 36.8 Å². The molecule has 2 atom stereocenters. The largest absolute Gasteiger partial charge is 0.387 e. The number of piperidine rings is 1. The van der Waals surface area contributed by atoms with Gasteiger partial charge in [0.05, 0.1) is 23.0 Å². The highest BCUT2D eigenvalue weighted by Gasteiger charge is 2.55. The second-order valence-corrected chi connectivity index (χ2v) is 11.2. The van der Waals surface area contributed by atoms with Crippen LogP contribution in [0.2, 0.25) is 0 Å². The molecule has 2 aliphatic carbocycles. The smallest absolute Gasteiger partial charge is 0.261 e. The molecule has 3 heterocycles. The van der Waals surface area contributed by atoms with E-state index in [-0.39, 0.29) is 29.3 Å². The highest BCUT2D eigenvalue weighted by Crippen LogP contribution is 2.51. The molecule has 1 amide bonds. The van der Waals surface area contributed by atoms with Gasteiger partial charge in [-0.25, -0.2) is 9.97 Å². The molecule has 1 spiro atoms. The predicted octanol–water partition coefficient (Wildman–Crippen LogP) is 3.92. The van der Waals surface area contributed by atoms with Gasteiger partial charge in [0.25, 0.3) is 5.56 Å². The highest BCUT2D eigenvalue weighted by atomic mass is 16.3. The van der Waals surface area contributed by atoms with Crippen LogP contribution < -0.4 is 5.56 Å². The van der Waals surface area contributed by atoms with E-state index in [1.807, 2.05) is 11.0 Å². The van der Waals surface area contributed by atoms with Crippen LogP contribution in [0.15, 0.2) is 29.6 Å². The Morgan fingerprint density at radius 3 is 2.71 bits per heavy atom. The summed E-state index contributed by atoms with van der Waals surface area (Å²) in [5.74, 6) is 0.966. The number of amides is 1. The summed E-state index contributed by atoms with van der Waals surface area (Å²) in [6.07, 6.45) is 16.6. The number of carbonyl (C=O) groups excluding carboxylic acids is 1. The number of hydrogen-bond donors (Lipinski definition) is 1. The summed E-state index contributed by atoms with van der Waals surface area (Å²) >= 11 is 0. The maximum Gasteiger partial charge on any atom is 0.261 e. The number of aromatic nitrogens is 3. The Kier molecular flexibility index (Phi) is 6.49. The summed E-state index contributed by atoms with van der Waals surface area (Å²) in [4.78, 5) is 36.8. The van der Waals surface area contributed by atoms with Crippen molar-refractivity contribution in [1.29, 1.82) is 0 Å². The second-order valence-electron chi connectivity index (χ2n) is 11.2. The third-order valence-corrected chi connectivity index (χ3v) is 9.06. The fourth-order valence-electron chi connectivity index (χ4n) is 7.05. The molecule has 1 unspecified atom stereocenters. The number of pyridine rings is 1. The van der Waals surface area contributed by atoms with Crippen LogP contribution in [0.3, 0.4) is 0 Å². The van der Waals surface area contributed by atoms with Gasteiger partial charge in [-0.15, -0.1) is 0 Å². The van der Waals surface area contributed by atoms with Crippen LogP contribution in [0.1, 0.15) is 77.6 Å². The number of hydrogen-bond acceptors (Lipinski definition) is 5. The first-order valence-corrected chi connectivity index (χ1v) is 13.2. The maximum absolute atomic E-state index is 13.5. The molecule has 3 fully saturated rings. The molecule has 5 rings (SSSR count). The van der Waals surface area contributed by atoms with Gasteiger partial charge in [-0.1, -0.05) is 51.9 Å². The molecule has 34 heavy (non-hydrogen) atoms. The molecule has 3 aliphatic rings. The minimum Gasteiger partial charge on any atom is -0.387 e. The monoisotopic (exact) mass is 466 g/mol. The summed E-state index contributed by atoms with van der Waals surface area (Å²) in [6, 6.07) is 1.81. The SMILES string of the molecule is C[C@H](CC1CCCCC1)C(=O)N1CCC(O)(Cn2ccc3ncncc3c2=O)C2(CCCC2)C1. The summed E-state index contributed by atoms with van der Waals surface area (Å²) in [5.41, 5.74) is -0.918. The standard InChI is InChI=1S/C27H38N4O3/c1-20(15-21-7-3-2-4-8-21)24(32)31-14-12-27(34,26(17-31)10-5-6-11-26)18-30-13-9-23-22(25(30)33)16-28-19-29-23/h9,13,16,19-21,34H,2-8,10-12,14-15,17-18H2,1H3/t20-,27?/m1/s1. The zero-order chi connectivity index (χ0) is 23.8. The maximum atomic E-state index is 13.5. The molecular formula is C27H38N4O3. The molecule has 0 radical (unpaired) electrons. The zero-order valence-electron chi connectivity index (χ0n) is 20.4. The van der Waals surface area contributed by atoms with Gasteiger partial charge < -0.3 is 14.6 Å². The number of fused-ring (bicyclic) bond motifs is 1. The van der Waals surface area contributed by atoms with Crippen molar-refractivity contribution < 1.29 is 9.90 Å². The van der Waals surface area contributed by atoms with E-state index in [0.29, 0.717) is 36.3 Å². The average molecular weight is 467 g/mol. The number of nitrogens with zero attached hydrogens (tertiary/aromatic N) is 4. The Morgan fingerprint density at radius 1 is 1.18 bits per heavy atom. The lowest BCUT2D eigenvalue weighted by molar-refractivity contribution is -0.163. The van der Waals surface area contributed by atoms with E-state index in [1.165, 1.54) is 38.4 Å². The van der Waals surface area contributed by atoms with Crippen LogP contribution >= 0.6 is 0 Å². The van der Waals surface area contributed by atoms with Crippen molar-refractivity contribution in [2.45, 2.75) is 89.7 Å². The Labute approximate surface area is 201 Å². The van der Waals surface area contributed by atoms with Gasteiger partial charge >= 0.3 is 0 Å². The van der Waals surface area contributed by atoms with E-state index < -0.39 is 5.60 Å². The lowest BCUT2D eigenvalue weighted by atomic mass is 9.65. The lowest BCUT2D eigenvalue weighted by Crippen LogP contribution is -2.62. The zero-order valence-corrected chi connectivity index (χ0v) is 20.4. The van der Waals surface area contributed by atoms with Crippen LogP contribution in [0.25, 0.3) is 10.9 Å². The summed E-state index contributed by atoms with van der Waals surface area (Å²) in [7, 11) is 0. The van der Waals surface area contributed by atoms with E-state index in [2.05, 4.69) is 16.9 Å². The minimum absolute atomic E-state index is 0.0378. The summed E-state index contributed by atoms with van der Waals surface area (Å²) < 4.78 is 1.62. The Hall–Kier alpha value is -2.28. The molecule has 184 valence electrons. The first-order valence-electron chi connectivity index (χ1n) is 13.2. The number of carbonyl (C=O) groups is 1. The molecule has 7 heteroatoms. The molecule has 2 saturated carbocycles. The fraction of sp³-hybridized carbons (Fsp3) is 0.704. The van der Waals surface area contributed by atoms with Crippen molar-refractivity contribution in [2.24, 2.45) is 17.3 Å². The van der Waals surface area contributed by atoms with Crippen molar-refractivity contribution in [3.63, 3.8) is 0 Å². The van der Waals surface area contributed by atoms with Gasteiger partial charge in [-0.3, -0.25) is 9.59 Å². The van der Waals surface area contributed by atoms with Crippen molar-refractivity contribution in [2.75, 3.05) is 13.1 Å². The number of likely N-dealkylation sites (tertiary alicyclic amines) is 1. The van der Waals surface area contributed by atoms with Crippen molar-refractivity contribution in [3.8, 4) is 0 Å². The van der Waals surface area contributed by atoms with Gasteiger partial charge in [-0.05, 0) is 37.7 Å². The molecule has 0 bridgehead atoms. The normalized spacial score (nSPS) is 26.2. The molecule has 2 aromatic rings. The first kappa shape index (κ1) is 23.5. The predicted molar refractivity (Wildman–Crippen MR) is 131 cm³/mol. The number of rotatable bonds is 5. The molecule has 7 nitrogen and oxygen atoms in total. The minimum atomic E-state index is -1.01. The van der Waals surface area contributed by atoms with Gasteiger partial charge in [0.1, 0.15) is 6.33 Å². The third-order valence-electron chi connectivity index (χ3n) is 9.06. The van der Waals surface area contributed by atoms with Crippen LogP contribution in [0.4, 0.5) is 0 Å². The van der Waals surface area contributed by atoms with Crippen molar-refractivity contribution in [1.82, 2.24) is 19.4 Å². The first-order chi connectivity index (χ1) is 16.4. The van der Waals surface area contributed by atoms with Crippen LogP contribution in [-0.2, 0) is 11.3 Å². The molecule has 0 aromatic carbocycles. The van der Waals surface area contributed by atoms with Crippen LogP contribution in [0, 0.1) is 17.3 Å². The fourth-order valence-corrected chi connectivity index (χ4v) is 7.05. The molecule has 2 aromatic heterocycles. The lowest BCUT2D eigenvalue weighted by Gasteiger charge is -2.52. The Balaban J connectivity index is 1.34.